The molecule has 0 atom stereocenters. The van der Waals surface area contributed by atoms with E-state index in [4.69, 9.17) is 4.74 Å². The molecule has 1 aromatic carbocycles. The van der Waals surface area contributed by atoms with Gasteiger partial charge in [-0.25, -0.2) is 9.97 Å². The Morgan fingerprint density at radius 2 is 2.07 bits per heavy atom. The van der Waals surface area contributed by atoms with Crippen molar-refractivity contribution in [1.29, 1.82) is 0 Å². The number of aromatic nitrogens is 3. The summed E-state index contributed by atoms with van der Waals surface area (Å²) in [6, 6.07) is 7.33. The molecule has 3 aromatic rings. The number of aryl methyl sites for hydroxylation is 1. The Hall–Kier alpha value is -3.68. The molecule has 0 unspecified atom stereocenters. The van der Waals surface area contributed by atoms with E-state index in [0.29, 0.717) is 35.9 Å². The van der Waals surface area contributed by atoms with Crippen LogP contribution in [0.2, 0.25) is 0 Å². The van der Waals surface area contributed by atoms with Crippen LogP contribution in [0.5, 0.6) is 5.75 Å². The third-order valence-electron chi connectivity index (χ3n) is 4.57. The van der Waals surface area contributed by atoms with Crippen LogP contribution < -0.4 is 15.4 Å². The Balaban J connectivity index is 1.68. The topological polar surface area (TPSA) is 98.1 Å². The molecule has 142 valence electrons. The van der Waals surface area contributed by atoms with E-state index in [1.165, 1.54) is 0 Å². The molecule has 0 spiro atoms. The summed E-state index contributed by atoms with van der Waals surface area (Å²) in [7, 11) is 3.39. The van der Waals surface area contributed by atoms with Gasteiger partial charge in [-0.15, -0.1) is 0 Å². The van der Waals surface area contributed by atoms with Crippen molar-refractivity contribution in [2.75, 3.05) is 19.0 Å². The van der Waals surface area contributed by atoms with Crippen LogP contribution in [0.15, 0.2) is 43.0 Å². The average Bonchev–Trinajstić information content (AvgIpc) is 3.37. The number of carbonyl (C=O) groups is 2. The summed E-state index contributed by atoms with van der Waals surface area (Å²) >= 11 is 0. The molecule has 8 heteroatoms. The molecular weight excluding hydrogens is 358 g/mol. The van der Waals surface area contributed by atoms with Gasteiger partial charge in [0.1, 0.15) is 5.69 Å². The second-order valence-electron chi connectivity index (χ2n) is 6.47. The Morgan fingerprint density at radius 1 is 1.21 bits per heavy atom. The summed E-state index contributed by atoms with van der Waals surface area (Å²) in [5.41, 5.74) is 3.59. The minimum atomic E-state index is -0.347. The molecule has 2 aromatic heterocycles. The van der Waals surface area contributed by atoms with Gasteiger partial charge in [0, 0.05) is 49.6 Å². The van der Waals surface area contributed by atoms with E-state index in [0.717, 1.165) is 16.7 Å². The number of benzene rings is 1. The van der Waals surface area contributed by atoms with E-state index in [-0.39, 0.29) is 11.8 Å². The number of anilines is 1. The number of hydrogen-bond acceptors (Lipinski definition) is 5. The summed E-state index contributed by atoms with van der Waals surface area (Å²) in [6.07, 6.45) is 5.59. The van der Waals surface area contributed by atoms with Crippen LogP contribution in [0.25, 0.3) is 11.1 Å². The van der Waals surface area contributed by atoms with Gasteiger partial charge in [-0.05, 0) is 17.7 Å². The quantitative estimate of drug-likeness (QED) is 0.725. The Morgan fingerprint density at radius 3 is 2.82 bits per heavy atom. The predicted octanol–water partition coefficient (Wildman–Crippen LogP) is 2.03. The minimum Gasteiger partial charge on any atom is -0.489 e. The van der Waals surface area contributed by atoms with Gasteiger partial charge in [-0.3, -0.25) is 9.59 Å². The number of rotatable bonds is 4. The van der Waals surface area contributed by atoms with Crippen molar-refractivity contribution < 1.29 is 14.3 Å². The molecule has 4 rings (SSSR count). The molecule has 2 amide bonds. The third kappa shape index (κ3) is 3.20. The normalized spacial score (nSPS) is 12.2. The maximum absolute atomic E-state index is 12.4. The van der Waals surface area contributed by atoms with Crippen molar-refractivity contribution in [1.82, 2.24) is 19.9 Å². The van der Waals surface area contributed by atoms with Crippen molar-refractivity contribution in [3.63, 3.8) is 0 Å². The van der Waals surface area contributed by atoms with E-state index in [2.05, 4.69) is 20.6 Å². The molecule has 3 heterocycles. The summed E-state index contributed by atoms with van der Waals surface area (Å²) < 4.78 is 7.45. The number of imidazole rings is 1. The molecule has 0 fully saturated rings. The van der Waals surface area contributed by atoms with Crippen molar-refractivity contribution in [3.05, 3.63) is 59.8 Å². The fourth-order valence-electron chi connectivity index (χ4n) is 3.20. The van der Waals surface area contributed by atoms with E-state index < -0.39 is 0 Å². The van der Waals surface area contributed by atoms with Crippen LogP contribution >= 0.6 is 0 Å². The molecular formula is C20H19N5O3. The highest BCUT2D eigenvalue weighted by Gasteiger charge is 2.24. The second kappa shape index (κ2) is 7.15. The lowest BCUT2D eigenvalue weighted by Gasteiger charge is -2.12. The van der Waals surface area contributed by atoms with E-state index in [1.807, 2.05) is 18.2 Å². The lowest BCUT2D eigenvalue weighted by Crippen LogP contribution is -2.17. The number of pyridine rings is 1. The first kappa shape index (κ1) is 17.7. The SMILES string of the molecule is CNC(=O)c1cccc(-c2cnc(NC(=O)c3cn(C)cn3)c3c2CCO3)c1. The highest BCUT2D eigenvalue weighted by atomic mass is 16.5. The van der Waals surface area contributed by atoms with Gasteiger partial charge in [-0.2, -0.15) is 0 Å². The number of carbonyl (C=O) groups excluding carboxylic acids is 2. The molecule has 1 aliphatic heterocycles. The van der Waals surface area contributed by atoms with Gasteiger partial charge in [-0.1, -0.05) is 12.1 Å². The van der Waals surface area contributed by atoms with Crippen LogP contribution in [0.1, 0.15) is 26.4 Å². The monoisotopic (exact) mass is 377 g/mol. The number of nitrogens with one attached hydrogen (secondary N) is 2. The highest BCUT2D eigenvalue weighted by molar-refractivity contribution is 6.03. The molecule has 0 saturated heterocycles. The minimum absolute atomic E-state index is 0.151. The first-order chi connectivity index (χ1) is 13.6. The fourth-order valence-corrected chi connectivity index (χ4v) is 3.20. The fraction of sp³-hybridized carbons (Fsp3) is 0.200. The number of ether oxygens (including phenoxy) is 1. The van der Waals surface area contributed by atoms with E-state index in [1.54, 1.807) is 43.4 Å². The summed E-state index contributed by atoms with van der Waals surface area (Å²) in [4.78, 5) is 32.8. The Kier molecular flexibility index (Phi) is 4.52. The second-order valence-corrected chi connectivity index (χ2v) is 6.47. The van der Waals surface area contributed by atoms with Gasteiger partial charge < -0.3 is 19.9 Å². The molecule has 0 aliphatic carbocycles. The maximum atomic E-state index is 12.4. The van der Waals surface area contributed by atoms with E-state index >= 15 is 0 Å². The molecule has 8 nitrogen and oxygen atoms in total. The van der Waals surface area contributed by atoms with Crippen LogP contribution in [0.4, 0.5) is 5.82 Å². The van der Waals surface area contributed by atoms with E-state index in [9.17, 15) is 9.59 Å². The zero-order chi connectivity index (χ0) is 19.7. The smallest absolute Gasteiger partial charge is 0.277 e. The number of amides is 2. The van der Waals surface area contributed by atoms with Gasteiger partial charge in [0.2, 0.25) is 0 Å². The van der Waals surface area contributed by atoms with Crippen molar-refractivity contribution in [3.8, 4) is 16.9 Å². The van der Waals surface area contributed by atoms with Crippen LogP contribution in [0.3, 0.4) is 0 Å². The Bertz CT molecular complexity index is 1070. The third-order valence-corrected chi connectivity index (χ3v) is 4.57. The standard InChI is InChI=1S/C20H19N5O3/c1-21-19(26)13-5-3-4-12(8-13)15-9-22-18(17-14(15)6-7-28-17)24-20(27)16-10-25(2)11-23-16/h3-5,8-11H,6-7H2,1-2H3,(H,21,26)(H,22,24,27). The van der Waals surface area contributed by atoms with Crippen LogP contribution in [-0.2, 0) is 13.5 Å². The zero-order valence-corrected chi connectivity index (χ0v) is 15.5. The predicted molar refractivity (Wildman–Crippen MR) is 103 cm³/mol. The molecule has 28 heavy (non-hydrogen) atoms. The molecule has 2 N–H and O–H groups in total. The van der Waals surface area contributed by atoms with Gasteiger partial charge in [0.25, 0.3) is 11.8 Å². The highest BCUT2D eigenvalue weighted by Crippen LogP contribution is 2.39. The average molecular weight is 377 g/mol. The van der Waals surface area contributed by atoms with Crippen molar-refractivity contribution in [2.45, 2.75) is 6.42 Å². The van der Waals surface area contributed by atoms with Crippen molar-refractivity contribution >= 4 is 17.6 Å². The lowest BCUT2D eigenvalue weighted by molar-refractivity contribution is 0.0962. The largest absolute Gasteiger partial charge is 0.489 e. The number of hydrogen-bond donors (Lipinski definition) is 2. The molecule has 0 radical (unpaired) electrons. The van der Waals surface area contributed by atoms with Crippen LogP contribution in [-0.4, -0.2) is 40.0 Å². The zero-order valence-electron chi connectivity index (χ0n) is 15.5. The molecule has 0 saturated carbocycles. The summed E-state index contributed by atoms with van der Waals surface area (Å²) in [5.74, 6) is 0.434. The molecule has 1 aliphatic rings. The maximum Gasteiger partial charge on any atom is 0.277 e. The summed E-state index contributed by atoms with van der Waals surface area (Å²) in [6.45, 7) is 0.510. The first-order valence-corrected chi connectivity index (χ1v) is 8.83. The summed E-state index contributed by atoms with van der Waals surface area (Å²) in [5, 5.41) is 5.40. The van der Waals surface area contributed by atoms with Gasteiger partial charge in [0.15, 0.2) is 11.6 Å². The Labute approximate surface area is 161 Å². The van der Waals surface area contributed by atoms with Crippen molar-refractivity contribution in [2.24, 2.45) is 7.05 Å². The first-order valence-electron chi connectivity index (χ1n) is 8.83. The molecule has 0 bridgehead atoms. The lowest BCUT2D eigenvalue weighted by atomic mass is 9.98. The number of nitrogens with zero attached hydrogens (tertiary/aromatic N) is 3. The van der Waals surface area contributed by atoms with Gasteiger partial charge in [0.05, 0.1) is 12.9 Å². The van der Waals surface area contributed by atoms with Gasteiger partial charge >= 0.3 is 0 Å². The number of fused-ring (bicyclic) bond motifs is 1. The van der Waals surface area contributed by atoms with Crippen LogP contribution in [0, 0.1) is 0 Å².